The van der Waals surface area contributed by atoms with E-state index in [2.05, 4.69) is 22.4 Å². The van der Waals surface area contributed by atoms with Crippen molar-refractivity contribution in [2.75, 3.05) is 6.54 Å². The second-order valence-corrected chi connectivity index (χ2v) is 5.04. The van der Waals surface area contributed by atoms with Crippen molar-refractivity contribution in [3.63, 3.8) is 0 Å². The Morgan fingerprint density at radius 1 is 1.53 bits per heavy atom. The van der Waals surface area contributed by atoms with E-state index < -0.39 is 0 Å². The van der Waals surface area contributed by atoms with Crippen LogP contribution >= 0.6 is 22.9 Å². The van der Waals surface area contributed by atoms with Crippen LogP contribution in [-0.2, 0) is 0 Å². The molecule has 0 aliphatic carbocycles. The summed E-state index contributed by atoms with van der Waals surface area (Å²) in [6, 6.07) is 1.89. The molecule has 0 aromatic carbocycles. The van der Waals surface area contributed by atoms with Crippen molar-refractivity contribution in [3.8, 4) is 10.8 Å². The first kappa shape index (κ1) is 12.5. The van der Waals surface area contributed by atoms with Gasteiger partial charge in [0, 0.05) is 0 Å². The maximum Gasteiger partial charge on any atom is 0.259 e. The van der Waals surface area contributed by atoms with Crippen LogP contribution in [0.25, 0.3) is 10.8 Å². The molecule has 0 bridgehead atoms. The van der Waals surface area contributed by atoms with Crippen molar-refractivity contribution in [1.29, 1.82) is 0 Å². The third kappa shape index (κ3) is 2.86. The van der Waals surface area contributed by atoms with Crippen LogP contribution in [0.1, 0.15) is 32.2 Å². The minimum atomic E-state index is 0.0648. The van der Waals surface area contributed by atoms with E-state index in [0.717, 1.165) is 17.8 Å². The van der Waals surface area contributed by atoms with Crippen LogP contribution in [0.15, 0.2) is 15.9 Å². The van der Waals surface area contributed by atoms with E-state index in [1.165, 1.54) is 11.3 Å². The fourth-order valence-electron chi connectivity index (χ4n) is 1.40. The van der Waals surface area contributed by atoms with Gasteiger partial charge in [-0.15, -0.1) is 21.5 Å². The molecule has 0 aliphatic rings. The molecule has 0 radical (unpaired) electrons. The Labute approximate surface area is 109 Å². The van der Waals surface area contributed by atoms with E-state index in [9.17, 15) is 0 Å². The number of hydrogen-bond donors (Lipinski definition) is 1. The van der Waals surface area contributed by atoms with Gasteiger partial charge in [0.1, 0.15) is 4.88 Å². The predicted octanol–water partition coefficient (Wildman–Crippen LogP) is 3.51. The second kappa shape index (κ2) is 5.62. The molecule has 0 amide bonds. The van der Waals surface area contributed by atoms with E-state index in [1.807, 2.05) is 18.4 Å². The van der Waals surface area contributed by atoms with Gasteiger partial charge < -0.3 is 9.73 Å². The minimum Gasteiger partial charge on any atom is -0.418 e. The number of aromatic nitrogens is 2. The third-order valence-corrected chi connectivity index (χ3v) is 3.65. The number of halogens is 1. The van der Waals surface area contributed by atoms with Crippen LogP contribution < -0.4 is 5.32 Å². The highest BCUT2D eigenvalue weighted by molar-refractivity contribution is 7.14. The van der Waals surface area contributed by atoms with Gasteiger partial charge in [0.05, 0.1) is 11.1 Å². The predicted molar refractivity (Wildman–Crippen MR) is 69.3 cm³/mol. The summed E-state index contributed by atoms with van der Waals surface area (Å²) < 4.78 is 5.61. The minimum absolute atomic E-state index is 0.0648. The number of nitrogens with one attached hydrogen (secondary N) is 1. The van der Waals surface area contributed by atoms with Gasteiger partial charge in [-0.1, -0.05) is 18.5 Å². The highest BCUT2D eigenvalue weighted by Crippen LogP contribution is 2.32. The molecule has 92 valence electrons. The highest BCUT2D eigenvalue weighted by atomic mass is 35.5. The molecule has 0 fully saturated rings. The van der Waals surface area contributed by atoms with Gasteiger partial charge in [0.15, 0.2) is 0 Å². The lowest BCUT2D eigenvalue weighted by atomic mass is 10.3. The van der Waals surface area contributed by atoms with E-state index >= 15 is 0 Å². The van der Waals surface area contributed by atoms with Crippen LogP contribution in [0.3, 0.4) is 0 Å². The number of nitrogens with zero attached hydrogens (tertiary/aromatic N) is 2. The summed E-state index contributed by atoms with van der Waals surface area (Å²) in [5.41, 5.74) is 0. The Hall–Kier alpha value is -0.910. The van der Waals surface area contributed by atoms with E-state index in [0.29, 0.717) is 16.8 Å². The molecule has 1 atom stereocenters. The molecule has 1 unspecified atom stereocenters. The summed E-state index contributed by atoms with van der Waals surface area (Å²) in [6.45, 7) is 5.05. The molecular formula is C11H14ClN3OS. The normalized spacial score (nSPS) is 12.9. The zero-order valence-corrected chi connectivity index (χ0v) is 11.3. The lowest BCUT2D eigenvalue weighted by Gasteiger charge is -2.07. The van der Waals surface area contributed by atoms with Crippen LogP contribution in [0, 0.1) is 0 Å². The van der Waals surface area contributed by atoms with Crippen molar-refractivity contribution < 1.29 is 4.42 Å². The van der Waals surface area contributed by atoms with Crippen LogP contribution in [0.5, 0.6) is 0 Å². The van der Waals surface area contributed by atoms with Crippen molar-refractivity contribution in [2.24, 2.45) is 0 Å². The van der Waals surface area contributed by atoms with Gasteiger partial charge in [0.25, 0.3) is 5.89 Å². The van der Waals surface area contributed by atoms with Crippen molar-refractivity contribution in [1.82, 2.24) is 15.5 Å². The van der Waals surface area contributed by atoms with Crippen molar-refractivity contribution >= 4 is 22.9 Å². The highest BCUT2D eigenvalue weighted by Gasteiger charge is 2.16. The first-order chi connectivity index (χ1) is 8.22. The fourth-order valence-corrected chi connectivity index (χ4v) is 2.45. The topological polar surface area (TPSA) is 51.0 Å². The molecular weight excluding hydrogens is 258 g/mol. The van der Waals surface area contributed by atoms with Crippen molar-refractivity contribution in [2.45, 2.75) is 26.3 Å². The third-order valence-electron chi connectivity index (χ3n) is 2.32. The molecule has 0 spiro atoms. The van der Waals surface area contributed by atoms with Gasteiger partial charge in [-0.2, -0.15) is 0 Å². The number of rotatable bonds is 5. The lowest BCUT2D eigenvalue weighted by Crippen LogP contribution is -2.19. The average molecular weight is 272 g/mol. The molecule has 0 aliphatic heterocycles. The van der Waals surface area contributed by atoms with Crippen LogP contribution in [-0.4, -0.2) is 16.7 Å². The lowest BCUT2D eigenvalue weighted by molar-refractivity contribution is 0.423. The maximum atomic E-state index is 6.01. The van der Waals surface area contributed by atoms with Crippen LogP contribution in [0.2, 0.25) is 5.02 Å². The Bertz CT molecular complexity index is 483. The van der Waals surface area contributed by atoms with Gasteiger partial charge in [0.2, 0.25) is 5.89 Å². The summed E-state index contributed by atoms with van der Waals surface area (Å²) in [5.74, 6) is 1.09. The summed E-state index contributed by atoms with van der Waals surface area (Å²) in [6.07, 6.45) is 1.07. The molecule has 2 aromatic heterocycles. The largest absolute Gasteiger partial charge is 0.418 e. The molecule has 2 heterocycles. The molecule has 0 saturated carbocycles. The van der Waals surface area contributed by atoms with Gasteiger partial charge >= 0.3 is 0 Å². The SMILES string of the molecule is CCCNC(C)c1nnc(-c2sccc2Cl)o1. The molecule has 0 saturated heterocycles. The quantitative estimate of drug-likeness (QED) is 0.904. The standard InChI is InChI=1S/C11H14ClN3OS/c1-3-5-13-7(2)10-14-15-11(16-10)9-8(12)4-6-17-9/h4,6-7,13H,3,5H2,1-2H3. The Balaban J connectivity index is 2.13. The molecule has 4 nitrogen and oxygen atoms in total. The van der Waals surface area contributed by atoms with Crippen molar-refractivity contribution in [3.05, 3.63) is 22.4 Å². The van der Waals surface area contributed by atoms with Gasteiger partial charge in [-0.3, -0.25) is 0 Å². The summed E-state index contributed by atoms with van der Waals surface area (Å²) in [4.78, 5) is 0.827. The second-order valence-electron chi connectivity index (χ2n) is 3.72. The maximum absolute atomic E-state index is 6.01. The first-order valence-electron chi connectivity index (χ1n) is 5.52. The zero-order chi connectivity index (χ0) is 12.3. The molecule has 2 aromatic rings. The first-order valence-corrected chi connectivity index (χ1v) is 6.78. The Morgan fingerprint density at radius 3 is 3.00 bits per heavy atom. The van der Waals surface area contributed by atoms with E-state index in [-0.39, 0.29) is 6.04 Å². The average Bonchev–Trinajstić information content (AvgIpc) is 2.93. The Kier molecular flexibility index (Phi) is 4.15. The molecule has 2 rings (SSSR count). The smallest absolute Gasteiger partial charge is 0.259 e. The number of thiophene rings is 1. The molecule has 1 N–H and O–H groups in total. The van der Waals surface area contributed by atoms with Crippen LogP contribution in [0.4, 0.5) is 0 Å². The number of hydrogen-bond acceptors (Lipinski definition) is 5. The summed E-state index contributed by atoms with van der Waals surface area (Å²) >= 11 is 7.51. The van der Waals surface area contributed by atoms with E-state index in [1.54, 1.807) is 0 Å². The summed E-state index contributed by atoms with van der Waals surface area (Å²) in [5, 5.41) is 13.9. The van der Waals surface area contributed by atoms with Gasteiger partial charge in [-0.25, -0.2) is 0 Å². The fraction of sp³-hybridized carbons (Fsp3) is 0.455. The zero-order valence-electron chi connectivity index (χ0n) is 9.74. The van der Waals surface area contributed by atoms with E-state index in [4.69, 9.17) is 16.0 Å². The molecule has 17 heavy (non-hydrogen) atoms. The van der Waals surface area contributed by atoms with Gasteiger partial charge in [-0.05, 0) is 31.3 Å². The Morgan fingerprint density at radius 2 is 2.35 bits per heavy atom. The monoisotopic (exact) mass is 271 g/mol. The summed E-state index contributed by atoms with van der Waals surface area (Å²) in [7, 11) is 0. The molecule has 6 heteroatoms.